The van der Waals surface area contributed by atoms with Gasteiger partial charge >= 0.3 is 0 Å². The van der Waals surface area contributed by atoms with Gasteiger partial charge in [0, 0.05) is 22.0 Å². The number of benzene rings is 1. The number of aromatic nitrogens is 1. The molecule has 1 saturated heterocycles. The molecule has 8 heteroatoms. The molecule has 1 aliphatic heterocycles. The first kappa shape index (κ1) is 15.5. The molecule has 2 aromatic rings. The highest BCUT2D eigenvalue weighted by molar-refractivity contribution is 6.31. The molecule has 0 spiro atoms. The molecule has 3 rings (SSSR count). The van der Waals surface area contributed by atoms with Crippen LogP contribution in [0.1, 0.15) is 0 Å². The van der Waals surface area contributed by atoms with Gasteiger partial charge in [0.2, 0.25) is 6.29 Å². The Morgan fingerprint density at radius 1 is 1.14 bits per heavy atom. The average Bonchev–Trinajstić information content (AvgIpc) is 2.89. The zero-order chi connectivity index (χ0) is 15.9. The number of aromatic amines is 1. The number of ether oxygens (including phenoxy) is 2. The molecular formula is C14H16ClNO6. The number of nitrogens with one attached hydrogen (secondary N) is 1. The Hall–Kier alpha value is -1.35. The summed E-state index contributed by atoms with van der Waals surface area (Å²) >= 11 is 5.90. The van der Waals surface area contributed by atoms with Crippen LogP contribution in [0.15, 0.2) is 24.3 Å². The number of fused-ring (bicyclic) bond motifs is 1. The highest BCUT2D eigenvalue weighted by atomic mass is 35.5. The van der Waals surface area contributed by atoms with Gasteiger partial charge < -0.3 is 34.9 Å². The number of aliphatic hydroxyl groups excluding tert-OH is 4. The van der Waals surface area contributed by atoms with Crippen molar-refractivity contribution in [2.45, 2.75) is 30.7 Å². The average molecular weight is 330 g/mol. The van der Waals surface area contributed by atoms with Crippen LogP contribution < -0.4 is 4.74 Å². The van der Waals surface area contributed by atoms with Gasteiger partial charge in [-0.3, -0.25) is 0 Å². The van der Waals surface area contributed by atoms with E-state index in [0.717, 1.165) is 10.9 Å². The maximum atomic E-state index is 9.92. The second kappa shape index (κ2) is 6.04. The van der Waals surface area contributed by atoms with Gasteiger partial charge in [0.05, 0.1) is 6.61 Å². The minimum Gasteiger partial charge on any atom is -0.447 e. The molecule has 2 heterocycles. The number of halogens is 1. The minimum atomic E-state index is -1.48. The van der Waals surface area contributed by atoms with Crippen molar-refractivity contribution in [3.05, 3.63) is 29.3 Å². The molecule has 1 aromatic heterocycles. The first-order chi connectivity index (χ1) is 10.5. The summed E-state index contributed by atoms with van der Waals surface area (Å²) in [6.45, 7) is -0.507. The van der Waals surface area contributed by atoms with Gasteiger partial charge in [0.25, 0.3) is 0 Å². The second-order valence-electron chi connectivity index (χ2n) is 5.18. The summed E-state index contributed by atoms with van der Waals surface area (Å²) in [5.41, 5.74) is 0.743. The zero-order valence-electron chi connectivity index (χ0n) is 11.4. The lowest BCUT2D eigenvalue weighted by atomic mass is 9.99. The molecule has 0 amide bonds. The van der Waals surface area contributed by atoms with Crippen LogP contribution in [0.2, 0.25) is 5.02 Å². The fraction of sp³-hybridized carbons (Fsp3) is 0.429. The maximum Gasteiger partial charge on any atom is 0.230 e. The zero-order valence-corrected chi connectivity index (χ0v) is 12.1. The van der Waals surface area contributed by atoms with Crippen LogP contribution in [0.3, 0.4) is 0 Å². The highest BCUT2D eigenvalue weighted by Gasteiger charge is 2.44. The molecule has 1 fully saturated rings. The van der Waals surface area contributed by atoms with Gasteiger partial charge in [-0.1, -0.05) is 17.7 Å². The van der Waals surface area contributed by atoms with Crippen LogP contribution in [0, 0.1) is 0 Å². The number of hydrogen-bond acceptors (Lipinski definition) is 6. The van der Waals surface area contributed by atoms with Gasteiger partial charge in [0.15, 0.2) is 5.88 Å². The normalized spacial score (nSPS) is 32.3. The molecular weight excluding hydrogens is 314 g/mol. The van der Waals surface area contributed by atoms with Crippen molar-refractivity contribution >= 4 is 22.5 Å². The van der Waals surface area contributed by atoms with E-state index in [1.165, 1.54) is 0 Å². The van der Waals surface area contributed by atoms with Gasteiger partial charge in [-0.2, -0.15) is 0 Å². The third kappa shape index (κ3) is 2.79. The third-order valence-corrected chi connectivity index (χ3v) is 3.89. The second-order valence-corrected chi connectivity index (χ2v) is 5.62. The van der Waals surface area contributed by atoms with Crippen LogP contribution in [0.4, 0.5) is 0 Å². The quantitative estimate of drug-likeness (QED) is 0.541. The van der Waals surface area contributed by atoms with Crippen LogP contribution in [0.25, 0.3) is 10.9 Å². The molecule has 0 bridgehead atoms. The van der Waals surface area contributed by atoms with E-state index >= 15 is 0 Å². The molecule has 120 valence electrons. The van der Waals surface area contributed by atoms with Crippen molar-refractivity contribution in [2.75, 3.05) is 6.61 Å². The lowest BCUT2D eigenvalue weighted by molar-refractivity contribution is -0.278. The monoisotopic (exact) mass is 329 g/mol. The number of H-pyrrole nitrogens is 1. The first-order valence-corrected chi connectivity index (χ1v) is 7.13. The predicted octanol–water partition coefficient (Wildman–Crippen LogP) is -0.000000000000000500. The van der Waals surface area contributed by atoms with E-state index in [1.807, 2.05) is 0 Å². The number of aliphatic hydroxyl groups is 4. The molecule has 0 aliphatic carbocycles. The van der Waals surface area contributed by atoms with E-state index in [2.05, 4.69) is 4.98 Å². The summed E-state index contributed by atoms with van der Waals surface area (Å²) in [7, 11) is 0. The Balaban J connectivity index is 1.80. The first-order valence-electron chi connectivity index (χ1n) is 6.75. The number of hydrogen-bond donors (Lipinski definition) is 5. The summed E-state index contributed by atoms with van der Waals surface area (Å²) in [4.78, 5) is 2.96. The largest absolute Gasteiger partial charge is 0.447 e. The molecule has 7 nitrogen and oxygen atoms in total. The van der Waals surface area contributed by atoms with Crippen molar-refractivity contribution in [1.82, 2.24) is 4.98 Å². The maximum absolute atomic E-state index is 9.92. The standard InChI is InChI=1S/C14H16ClNO6/c15-7-2-1-6-3-10(16-8(6)4-7)22-14-13(20)12(19)11(18)9(5-17)21-14/h1-4,9,11-14,16-20H,5H2/t9-,11-,12+,13-,14+/m1/s1. The van der Waals surface area contributed by atoms with Crippen LogP contribution >= 0.6 is 11.6 Å². The smallest absolute Gasteiger partial charge is 0.230 e. The molecule has 1 aromatic carbocycles. The fourth-order valence-electron chi connectivity index (χ4n) is 2.43. The summed E-state index contributed by atoms with van der Waals surface area (Å²) < 4.78 is 10.8. The van der Waals surface area contributed by atoms with Crippen molar-refractivity contribution in [1.29, 1.82) is 0 Å². The van der Waals surface area contributed by atoms with E-state index in [1.54, 1.807) is 24.3 Å². The van der Waals surface area contributed by atoms with E-state index in [0.29, 0.717) is 10.9 Å². The van der Waals surface area contributed by atoms with Gasteiger partial charge in [-0.25, -0.2) is 0 Å². The Bertz CT molecular complexity index is 660. The molecule has 1 aliphatic rings. The molecule has 5 N–H and O–H groups in total. The fourth-order valence-corrected chi connectivity index (χ4v) is 2.60. The van der Waals surface area contributed by atoms with Gasteiger partial charge in [0.1, 0.15) is 24.4 Å². The topological polar surface area (TPSA) is 115 Å². The van der Waals surface area contributed by atoms with Crippen molar-refractivity contribution in [3.8, 4) is 5.88 Å². The van der Waals surface area contributed by atoms with E-state index in [9.17, 15) is 15.3 Å². The highest BCUT2D eigenvalue weighted by Crippen LogP contribution is 2.27. The lowest BCUT2D eigenvalue weighted by Gasteiger charge is -2.39. The summed E-state index contributed by atoms with van der Waals surface area (Å²) in [5, 5.41) is 39.9. The van der Waals surface area contributed by atoms with Gasteiger partial charge in [-0.15, -0.1) is 0 Å². The Morgan fingerprint density at radius 2 is 1.91 bits per heavy atom. The third-order valence-electron chi connectivity index (χ3n) is 3.65. The van der Waals surface area contributed by atoms with Gasteiger partial charge in [-0.05, 0) is 12.1 Å². The summed E-state index contributed by atoms with van der Waals surface area (Å²) in [6, 6.07) is 6.94. The van der Waals surface area contributed by atoms with Crippen molar-refractivity contribution < 1.29 is 29.9 Å². The predicted molar refractivity (Wildman–Crippen MR) is 77.7 cm³/mol. The summed E-state index contributed by atoms with van der Waals surface area (Å²) in [5.74, 6) is 0.307. The lowest BCUT2D eigenvalue weighted by Crippen LogP contribution is -2.60. The summed E-state index contributed by atoms with van der Waals surface area (Å²) in [6.07, 6.45) is -6.58. The van der Waals surface area contributed by atoms with Crippen molar-refractivity contribution in [2.24, 2.45) is 0 Å². The van der Waals surface area contributed by atoms with Crippen LogP contribution in [-0.4, -0.2) is 62.7 Å². The van der Waals surface area contributed by atoms with Crippen LogP contribution in [-0.2, 0) is 4.74 Å². The molecule has 5 atom stereocenters. The van der Waals surface area contributed by atoms with E-state index in [-0.39, 0.29) is 0 Å². The molecule has 0 radical (unpaired) electrons. The Morgan fingerprint density at radius 3 is 2.64 bits per heavy atom. The molecule has 0 unspecified atom stereocenters. The molecule has 0 saturated carbocycles. The van der Waals surface area contributed by atoms with E-state index < -0.39 is 37.3 Å². The van der Waals surface area contributed by atoms with Crippen molar-refractivity contribution in [3.63, 3.8) is 0 Å². The van der Waals surface area contributed by atoms with E-state index in [4.69, 9.17) is 26.2 Å². The number of rotatable bonds is 3. The minimum absolute atomic E-state index is 0.307. The Kier molecular flexibility index (Phi) is 4.26. The Labute approximate surface area is 130 Å². The molecule has 22 heavy (non-hydrogen) atoms. The van der Waals surface area contributed by atoms with Crippen LogP contribution in [0.5, 0.6) is 5.88 Å². The SMILES string of the molecule is OC[C@H]1O[C@@H](Oc2cc3ccc(Cl)cc3[nH]2)[C@H](O)[C@@H](O)[C@@H]1O.